The lowest BCUT2D eigenvalue weighted by atomic mass is 10.1. The molecule has 0 bridgehead atoms. The molecule has 0 aliphatic carbocycles. The minimum absolute atomic E-state index is 0.465. The Balaban J connectivity index is 2.15. The molecule has 0 saturated heterocycles. The highest BCUT2D eigenvalue weighted by Gasteiger charge is 2.14. The van der Waals surface area contributed by atoms with Gasteiger partial charge in [0.15, 0.2) is 0 Å². The Hall–Kier alpha value is -1.32. The molecule has 1 N–H and O–H groups in total. The normalized spacial score (nSPS) is 13.2. The lowest BCUT2D eigenvalue weighted by molar-refractivity contribution is 0.348. The van der Waals surface area contributed by atoms with E-state index in [1.807, 2.05) is 6.07 Å². The van der Waals surface area contributed by atoms with Crippen molar-refractivity contribution in [1.82, 2.24) is 10.2 Å². The largest absolute Gasteiger partial charge is 0.461 e. The van der Waals surface area contributed by atoms with Crippen LogP contribution in [0.2, 0.25) is 0 Å². The molecule has 1 heterocycles. The number of para-hydroxylation sites is 1. The summed E-state index contributed by atoms with van der Waals surface area (Å²) < 4.78 is 6.06. The first kappa shape index (κ1) is 16.1. The SMILES string of the molecule is CCCCc1oc2ccccc2c1CNC(C)CN(C)C. The number of furan rings is 1. The zero-order valence-corrected chi connectivity index (χ0v) is 13.8. The Kier molecular flexibility index (Phi) is 5.83. The van der Waals surface area contributed by atoms with E-state index in [2.05, 4.69) is 56.4 Å². The zero-order chi connectivity index (χ0) is 15.2. The average molecular weight is 288 g/mol. The van der Waals surface area contributed by atoms with Gasteiger partial charge in [0.1, 0.15) is 11.3 Å². The summed E-state index contributed by atoms with van der Waals surface area (Å²) in [6, 6.07) is 8.84. The van der Waals surface area contributed by atoms with Gasteiger partial charge in [-0.3, -0.25) is 0 Å². The predicted octanol–water partition coefficient (Wildman–Crippen LogP) is 3.82. The van der Waals surface area contributed by atoms with Crippen molar-refractivity contribution in [3.63, 3.8) is 0 Å². The van der Waals surface area contributed by atoms with E-state index in [0.717, 1.165) is 30.9 Å². The number of rotatable bonds is 8. The van der Waals surface area contributed by atoms with Gasteiger partial charge in [-0.25, -0.2) is 0 Å². The van der Waals surface area contributed by atoms with Crippen molar-refractivity contribution >= 4 is 11.0 Å². The Bertz CT molecular complexity index is 559. The maximum atomic E-state index is 6.06. The molecule has 0 spiro atoms. The van der Waals surface area contributed by atoms with Gasteiger partial charge < -0.3 is 14.6 Å². The summed E-state index contributed by atoms with van der Waals surface area (Å²) in [7, 11) is 4.22. The number of likely N-dealkylation sites (N-methyl/N-ethyl adjacent to an activating group) is 1. The third kappa shape index (κ3) is 4.32. The number of unbranched alkanes of at least 4 members (excludes halogenated alkanes) is 1. The number of benzene rings is 1. The van der Waals surface area contributed by atoms with Crippen LogP contribution in [-0.2, 0) is 13.0 Å². The second-order valence-electron chi connectivity index (χ2n) is 6.15. The zero-order valence-electron chi connectivity index (χ0n) is 13.8. The van der Waals surface area contributed by atoms with E-state index in [4.69, 9.17) is 4.42 Å². The van der Waals surface area contributed by atoms with Gasteiger partial charge in [-0.1, -0.05) is 31.5 Å². The molecule has 0 aliphatic rings. The van der Waals surface area contributed by atoms with E-state index in [1.165, 1.54) is 23.8 Å². The van der Waals surface area contributed by atoms with Crippen LogP contribution in [0.15, 0.2) is 28.7 Å². The monoisotopic (exact) mass is 288 g/mol. The summed E-state index contributed by atoms with van der Waals surface area (Å²) in [5.41, 5.74) is 2.35. The fourth-order valence-corrected chi connectivity index (χ4v) is 2.77. The molecule has 0 radical (unpaired) electrons. The Morgan fingerprint density at radius 3 is 2.71 bits per heavy atom. The first-order valence-corrected chi connectivity index (χ1v) is 7.99. The van der Waals surface area contributed by atoms with Crippen LogP contribution in [0.3, 0.4) is 0 Å². The van der Waals surface area contributed by atoms with Crippen LogP contribution in [0.25, 0.3) is 11.0 Å². The molecule has 0 aliphatic heterocycles. The molecule has 0 fully saturated rings. The molecule has 1 unspecified atom stereocenters. The lowest BCUT2D eigenvalue weighted by Gasteiger charge is -2.18. The quantitative estimate of drug-likeness (QED) is 0.800. The van der Waals surface area contributed by atoms with E-state index in [1.54, 1.807) is 0 Å². The summed E-state index contributed by atoms with van der Waals surface area (Å²) in [5.74, 6) is 1.16. The second kappa shape index (κ2) is 7.62. The number of nitrogens with one attached hydrogen (secondary N) is 1. The molecule has 0 amide bonds. The van der Waals surface area contributed by atoms with Crippen LogP contribution >= 0.6 is 0 Å². The molecular weight excluding hydrogens is 260 g/mol. The van der Waals surface area contributed by atoms with Crippen molar-refractivity contribution in [2.75, 3.05) is 20.6 Å². The van der Waals surface area contributed by atoms with Gasteiger partial charge in [0.05, 0.1) is 0 Å². The first-order valence-electron chi connectivity index (χ1n) is 7.99. The summed E-state index contributed by atoms with van der Waals surface area (Å²) in [6.45, 7) is 6.37. The Labute approximate surface area is 128 Å². The highest BCUT2D eigenvalue weighted by Crippen LogP contribution is 2.27. The van der Waals surface area contributed by atoms with Gasteiger partial charge in [-0.15, -0.1) is 0 Å². The van der Waals surface area contributed by atoms with Crippen LogP contribution in [0, 0.1) is 0 Å². The number of aryl methyl sites for hydroxylation is 1. The van der Waals surface area contributed by atoms with Crippen LogP contribution in [-0.4, -0.2) is 31.6 Å². The van der Waals surface area contributed by atoms with E-state index in [9.17, 15) is 0 Å². The van der Waals surface area contributed by atoms with E-state index >= 15 is 0 Å². The second-order valence-corrected chi connectivity index (χ2v) is 6.15. The molecule has 1 aromatic heterocycles. The standard InChI is InChI=1S/C18H28N2O/c1-5-6-10-18-16(12-19-14(2)13-20(3)4)15-9-7-8-11-17(15)21-18/h7-9,11,14,19H,5-6,10,12-13H2,1-4H3. The van der Waals surface area contributed by atoms with Gasteiger partial charge in [0.25, 0.3) is 0 Å². The highest BCUT2D eigenvalue weighted by atomic mass is 16.3. The van der Waals surface area contributed by atoms with Gasteiger partial charge in [0, 0.05) is 36.5 Å². The third-order valence-corrected chi connectivity index (χ3v) is 3.81. The minimum Gasteiger partial charge on any atom is -0.461 e. The summed E-state index contributed by atoms with van der Waals surface area (Å²) in [5, 5.41) is 4.88. The number of hydrogen-bond acceptors (Lipinski definition) is 3. The maximum Gasteiger partial charge on any atom is 0.134 e. The molecule has 0 saturated carbocycles. The van der Waals surface area contributed by atoms with Gasteiger partial charge in [0.2, 0.25) is 0 Å². The number of hydrogen-bond donors (Lipinski definition) is 1. The topological polar surface area (TPSA) is 28.4 Å². The molecule has 2 aromatic rings. The molecule has 2 rings (SSSR count). The van der Waals surface area contributed by atoms with E-state index < -0.39 is 0 Å². The van der Waals surface area contributed by atoms with Crippen molar-refractivity contribution < 1.29 is 4.42 Å². The number of nitrogens with zero attached hydrogens (tertiary/aromatic N) is 1. The molecule has 1 aromatic carbocycles. The maximum absolute atomic E-state index is 6.06. The molecular formula is C18H28N2O. The first-order chi connectivity index (χ1) is 10.1. The van der Waals surface area contributed by atoms with Crippen molar-refractivity contribution in [2.45, 2.75) is 45.7 Å². The van der Waals surface area contributed by atoms with Gasteiger partial charge in [-0.2, -0.15) is 0 Å². The average Bonchev–Trinajstić information content (AvgIpc) is 2.79. The fraction of sp³-hybridized carbons (Fsp3) is 0.556. The highest BCUT2D eigenvalue weighted by molar-refractivity contribution is 5.82. The molecule has 1 atom stereocenters. The van der Waals surface area contributed by atoms with Gasteiger partial charge in [-0.05, 0) is 33.5 Å². The fourth-order valence-electron chi connectivity index (χ4n) is 2.77. The van der Waals surface area contributed by atoms with Crippen molar-refractivity contribution in [3.05, 3.63) is 35.6 Å². The van der Waals surface area contributed by atoms with Crippen molar-refractivity contribution in [1.29, 1.82) is 0 Å². The van der Waals surface area contributed by atoms with Crippen LogP contribution < -0.4 is 5.32 Å². The van der Waals surface area contributed by atoms with Gasteiger partial charge >= 0.3 is 0 Å². The smallest absolute Gasteiger partial charge is 0.134 e. The van der Waals surface area contributed by atoms with Crippen LogP contribution in [0.1, 0.15) is 38.0 Å². The summed E-state index contributed by atoms with van der Waals surface area (Å²) >= 11 is 0. The van der Waals surface area contributed by atoms with Crippen LogP contribution in [0.4, 0.5) is 0 Å². The lowest BCUT2D eigenvalue weighted by Crippen LogP contribution is -2.35. The molecule has 21 heavy (non-hydrogen) atoms. The third-order valence-electron chi connectivity index (χ3n) is 3.81. The predicted molar refractivity (Wildman–Crippen MR) is 89.7 cm³/mol. The molecule has 116 valence electrons. The minimum atomic E-state index is 0.465. The van der Waals surface area contributed by atoms with Crippen molar-refractivity contribution in [3.8, 4) is 0 Å². The van der Waals surface area contributed by atoms with Crippen LogP contribution in [0.5, 0.6) is 0 Å². The van der Waals surface area contributed by atoms with E-state index in [0.29, 0.717) is 6.04 Å². The Morgan fingerprint density at radius 2 is 2.00 bits per heavy atom. The summed E-state index contributed by atoms with van der Waals surface area (Å²) in [4.78, 5) is 2.21. The summed E-state index contributed by atoms with van der Waals surface area (Å²) in [6.07, 6.45) is 3.41. The molecule has 3 heteroatoms. The van der Waals surface area contributed by atoms with E-state index in [-0.39, 0.29) is 0 Å². The number of fused-ring (bicyclic) bond motifs is 1. The van der Waals surface area contributed by atoms with Crippen molar-refractivity contribution in [2.24, 2.45) is 0 Å². The molecule has 3 nitrogen and oxygen atoms in total. The Morgan fingerprint density at radius 1 is 1.24 bits per heavy atom.